The van der Waals surface area contributed by atoms with E-state index >= 15 is 0 Å². The van der Waals surface area contributed by atoms with Gasteiger partial charge in [-0.1, -0.05) is 0 Å². The number of carboxylic acid groups (broad SMARTS) is 1. The van der Waals surface area contributed by atoms with E-state index in [0.29, 0.717) is 5.75 Å². The molecule has 4 unspecified atom stereocenters. The summed E-state index contributed by atoms with van der Waals surface area (Å²) in [5.74, 6) is -2.50. The molecule has 0 saturated heterocycles. The van der Waals surface area contributed by atoms with Crippen LogP contribution in [-0.4, -0.2) is 76.5 Å². The van der Waals surface area contributed by atoms with Crippen LogP contribution in [0.4, 0.5) is 0 Å². The summed E-state index contributed by atoms with van der Waals surface area (Å²) < 4.78 is 0. The Morgan fingerprint density at radius 1 is 0.962 bits per heavy atom. The van der Waals surface area contributed by atoms with Gasteiger partial charge in [0.05, 0.1) is 6.04 Å². The van der Waals surface area contributed by atoms with Gasteiger partial charge < -0.3 is 26.8 Å². The van der Waals surface area contributed by atoms with Crippen molar-refractivity contribution in [3.05, 3.63) is 0 Å². The molecule has 3 amide bonds. The average Bonchev–Trinajstić information content (AvgIpc) is 2.59. The smallest absolute Gasteiger partial charge is 0.326 e. The molecule has 0 aliphatic rings. The largest absolute Gasteiger partial charge is 0.480 e. The first-order chi connectivity index (χ1) is 12.2. The molecule has 0 fully saturated rings. The zero-order chi connectivity index (χ0) is 20.3. The first kappa shape index (κ1) is 24.9. The number of hydrogen-bond acceptors (Lipinski definition) is 8. The molecule has 0 heterocycles. The molecular formula is C14H26N4O5S3. The fraction of sp³-hybridized carbons (Fsp3) is 0.714. The SMILES string of the molecule is CSCCC(NC(=O)C(CS)NC(=O)C(CS)NC(=O)C(C)N)C(=O)O. The number of amides is 3. The number of aliphatic carboxylic acids is 1. The van der Waals surface area contributed by atoms with Crippen molar-refractivity contribution in [2.75, 3.05) is 23.5 Å². The number of rotatable bonds is 12. The standard InChI is InChI=1S/C14H26N4O5S3/c1-7(15)11(19)17-9(5-24)13(21)18-10(6-25)12(20)16-8(14(22)23)3-4-26-2/h7-10,24-25H,3-6,15H2,1-2H3,(H,16,20)(H,17,19)(H,18,21)(H,22,23). The number of nitrogens with one attached hydrogen (secondary N) is 3. The molecule has 0 radical (unpaired) electrons. The van der Waals surface area contributed by atoms with Crippen LogP contribution >= 0.6 is 37.0 Å². The summed E-state index contributed by atoms with van der Waals surface area (Å²) in [6, 6.07) is -3.91. The zero-order valence-corrected chi connectivity index (χ0v) is 17.2. The Bertz CT molecular complexity index is 507. The third kappa shape index (κ3) is 9.01. The molecule has 0 aliphatic heterocycles. The summed E-state index contributed by atoms with van der Waals surface area (Å²) in [6.45, 7) is 1.47. The molecule has 0 saturated carbocycles. The summed E-state index contributed by atoms with van der Waals surface area (Å²) >= 11 is 9.48. The first-order valence-electron chi connectivity index (χ1n) is 7.78. The molecule has 9 nitrogen and oxygen atoms in total. The topological polar surface area (TPSA) is 151 Å². The van der Waals surface area contributed by atoms with E-state index in [1.165, 1.54) is 18.7 Å². The minimum Gasteiger partial charge on any atom is -0.480 e. The van der Waals surface area contributed by atoms with Gasteiger partial charge in [0.15, 0.2) is 0 Å². The van der Waals surface area contributed by atoms with Gasteiger partial charge >= 0.3 is 5.97 Å². The van der Waals surface area contributed by atoms with Crippen LogP contribution in [0, 0.1) is 0 Å². The van der Waals surface area contributed by atoms with Crippen LogP contribution in [0.5, 0.6) is 0 Å². The normalized spacial score (nSPS) is 15.3. The third-order valence-corrected chi connectivity index (χ3v) is 4.64. The number of nitrogens with two attached hydrogens (primary N) is 1. The van der Waals surface area contributed by atoms with E-state index in [1.807, 2.05) is 6.26 Å². The molecule has 0 rings (SSSR count). The molecular weight excluding hydrogens is 400 g/mol. The van der Waals surface area contributed by atoms with E-state index in [9.17, 15) is 19.2 Å². The number of carboxylic acids is 1. The number of hydrogen-bond donors (Lipinski definition) is 7. The second-order valence-corrected chi connectivity index (χ2v) is 7.17. The van der Waals surface area contributed by atoms with Gasteiger partial charge in [-0.15, -0.1) is 0 Å². The van der Waals surface area contributed by atoms with Crippen molar-refractivity contribution in [1.82, 2.24) is 16.0 Å². The van der Waals surface area contributed by atoms with Gasteiger partial charge in [0, 0.05) is 11.5 Å². The van der Waals surface area contributed by atoms with Crippen LogP contribution in [0.15, 0.2) is 0 Å². The number of thiol groups is 2. The second-order valence-electron chi connectivity index (χ2n) is 5.46. The average molecular weight is 427 g/mol. The van der Waals surface area contributed by atoms with E-state index < -0.39 is 47.9 Å². The highest BCUT2D eigenvalue weighted by molar-refractivity contribution is 7.98. The van der Waals surface area contributed by atoms with Crippen LogP contribution < -0.4 is 21.7 Å². The summed E-state index contributed by atoms with van der Waals surface area (Å²) in [4.78, 5) is 47.3. The van der Waals surface area contributed by atoms with Gasteiger partial charge in [0.25, 0.3) is 0 Å². The Morgan fingerprint density at radius 3 is 1.73 bits per heavy atom. The summed E-state index contributed by atoms with van der Waals surface area (Å²) in [5.41, 5.74) is 5.44. The van der Waals surface area contributed by atoms with Crippen LogP contribution in [0.25, 0.3) is 0 Å². The fourth-order valence-corrected chi connectivity index (χ4v) is 2.71. The van der Waals surface area contributed by atoms with Crippen molar-refractivity contribution >= 4 is 60.7 Å². The minimum absolute atomic E-state index is 0.00330. The van der Waals surface area contributed by atoms with Crippen molar-refractivity contribution in [2.45, 2.75) is 37.5 Å². The lowest BCUT2D eigenvalue weighted by atomic mass is 10.2. The first-order valence-corrected chi connectivity index (χ1v) is 10.4. The van der Waals surface area contributed by atoms with Gasteiger partial charge in [-0.05, 0) is 25.4 Å². The Morgan fingerprint density at radius 2 is 1.38 bits per heavy atom. The molecule has 26 heavy (non-hydrogen) atoms. The number of carbonyl (C=O) groups excluding carboxylic acids is 3. The van der Waals surface area contributed by atoms with Gasteiger partial charge in [-0.3, -0.25) is 14.4 Å². The van der Waals surface area contributed by atoms with Crippen molar-refractivity contribution in [3.8, 4) is 0 Å². The lowest BCUT2D eigenvalue weighted by Crippen LogP contribution is -2.58. The maximum atomic E-state index is 12.3. The molecule has 0 aliphatic carbocycles. The van der Waals surface area contributed by atoms with Crippen molar-refractivity contribution in [3.63, 3.8) is 0 Å². The molecule has 0 aromatic carbocycles. The third-order valence-electron chi connectivity index (χ3n) is 3.27. The molecule has 12 heteroatoms. The van der Waals surface area contributed by atoms with Crippen molar-refractivity contribution in [2.24, 2.45) is 5.73 Å². The van der Waals surface area contributed by atoms with Gasteiger partial charge in [-0.2, -0.15) is 37.0 Å². The maximum absolute atomic E-state index is 12.3. The maximum Gasteiger partial charge on any atom is 0.326 e. The highest BCUT2D eigenvalue weighted by Crippen LogP contribution is 2.02. The lowest BCUT2D eigenvalue weighted by Gasteiger charge is -2.23. The molecule has 0 bridgehead atoms. The highest BCUT2D eigenvalue weighted by Gasteiger charge is 2.28. The van der Waals surface area contributed by atoms with Gasteiger partial charge in [-0.25, -0.2) is 4.79 Å². The molecule has 150 valence electrons. The van der Waals surface area contributed by atoms with E-state index in [1.54, 1.807) is 0 Å². The number of thioether (sulfide) groups is 1. The summed E-state index contributed by atoms with van der Waals surface area (Å²) in [7, 11) is 0. The molecule has 4 atom stereocenters. The predicted octanol–water partition coefficient (Wildman–Crippen LogP) is -1.51. The fourth-order valence-electron chi connectivity index (χ4n) is 1.73. The van der Waals surface area contributed by atoms with E-state index in [0.717, 1.165) is 0 Å². The van der Waals surface area contributed by atoms with Gasteiger partial charge in [0.1, 0.15) is 18.1 Å². The monoisotopic (exact) mass is 426 g/mol. The van der Waals surface area contributed by atoms with Crippen LogP contribution in [0.1, 0.15) is 13.3 Å². The molecule has 0 aromatic rings. The predicted molar refractivity (Wildman–Crippen MR) is 108 cm³/mol. The van der Waals surface area contributed by atoms with Gasteiger partial charge in [0.2, 0.25) is 17.7 Å². The Balaban J connectivity index is 4.88. The van der Waals surface area contributed by atoms with Crippen molar-refractivity contribution in [1.29, 1.82) is 0 Å². The molecule has 0 aromatic heterocycles. The molecule has 6 N–H and O–H groups in total. The van der Waals surface area contributed by atoms with Crippen molar-refractivity contribution < 1.29 is 24.3 Å². The Hall–Kier alpha value is -1.11. The minimum atomic E-state index is -1.16. The lowest BCUT2D eigenvalue weighted by molar-refractivity contribution is -0.142. The van der Waals surface area contributed by atoms with Crippen LogP contribution in [0.3, 0.4) is 0 Å². The van der Waals surface area contributed by atoms with Crippen LogP contribution in [-0.2, 0) is 19.2 Å². The Labute approximate surface area is 167 Å². The number of carbonyl (C=O) groups is 4. The van der Waals surface area contributed by atoms with Crippen LogP contribution in [0.2, 0.25) is 0 Å². The second kappa shape index (κ2) is 13.1. The summed E-state index contributed by atoms with van der Waals surface area (Å²) in [6.07, 6.45) is 2.07. The quantitative estimate of drug-likeness (QED) is 0.187. The zero-order valence-electron chi connectivity index (χ0n) is 14.6. The highest BCUT2D eigenvalue weighted by atomic mass is 32.2. The summed E-state index contributed by atoms with van der Waals surface area (Å²) in [5, 5.41) is 16.4. The Kier molecular flexibility index (Phi) is 12.6. The molecule has 0 spiro atoms. The van der Waals surface area contributed by atoms with E-state index in [-0.39, 0.29) is 17.9 Å². The van der Waals surface area contributed by atoms with E-state index in [2.05, 4.69) is 41.2 Å². The van der Waals surface area contributed by atoms with E-state index in [4.69, 9.17) is 10.8 Å².